The number of allylic oxidation sites excluding steroid dienone is 6. The minimum absolute atomic E-state index is 0.173. The van der Waals surface area contributed by atoms with E-state index in [4.69, 9.17) is 10.5 Å². The Kier molecular flexibility index (Phi) is 12.6. The van der Waals surface area contributed by atoms with E-state index in [-0.39, 0.29) is 5.57 Å². The van der Waals surface area contributed by atoms with Gasteiger partial charge in [-0.25, -0.2) is 0 Å². The lowest BCUT2D eigenvalue weighted by Crippen LogP contribution is -2.26. The van der Waals surface area contributed by atoms with Gasteiger partial charge in [0.1, 0.15) is 17.7 Å². The quantitative estimate of drug-likeness (QED) is 0.320. The van der Waals surface area contributed by atoms with Gasteiger partial charge in [0.05, 0.1) is 6.61 Å². The average molecular weight is 363 g/mol. The van der Waals surface area contributed by atoms with Crippen LogP contribution >= 0.6 is 12.9 Å². The second-order valence-electron chi connectivity index (χ2n) is 6.12. The molecule has 5 nitrogen and oxygen atoms in total. The molecule has 0 atom stereocenters. The second kappa shape index (κ2) is 13.5. The van der Waals surface area contributed by atoms with E-state index < -0.39 is 0 Å². The van der Waals surface area contributed by atoms with Crippen LogP contribution in [0, 0.1) is 22.7 Å². The molecule has 0 aromatic rings. The van der Waals surface area contributed by atoms with E-state index in [0.717, 1.165) is 43.9 Å². The molecule has 0 aliphatic carbocycles. The molecule has 0 unspecified atom stereocenters. The standard InChI is InChI=1S/C15H20N4.C4H10OS/c1-12-8-14(15(10-16)11-17)9-13(2)19(12)7-5-6-18(3)4;1-2-3-4-5-6/h8-9H,5-7H2,1-4H3;6H,2-4H2,1H3. The van der Waals surface area contributed by atoms with E-state index in [1.54, 1.807) is 0 Å². The molecule has 1 rings (SSSR count). The molecule has 0 saturated heterocycles. The van der Waals surface area contributed by atoms with E-state index in [2.05, 4.69) is 47.9 Å². The number of nitriles is 2. The maximum Gasteiger partial charge on any atom is 0.137 e. The van der Waals surface area contributed by atoms with Crippen LogP contribution in [0.25, 0.3) is 0 Å². The summed E-state index contributed by atoms with van der Waals surface area (Å²) in [5.74, 6) is 0. The number of nitrogens with zero attached hydrogens (tertiary/aromatic N) is 4. The van der Waals surface area contributed by atoms with E-state index in [1.807, 2.05) is 38.1 Å². The van der Waals surface area contributed by atoms with E-state index in [0.29, 0.717) is 5.57 Å². The van der Waals surface area contributed by atoms with Gasteiger partial charge in [0.15, 0.2) is 0 Å². The Morgan fingerprint density at radius 1 is 1.16 bits per heavy atom. The highest BCUT2D eigenvalue weighted by molar-refractivity contribution is 7.75. The summed E-state index contributed by atoms with van der Waals surface area (Å²) in [5.41, 5.74) is 3.05. The molecular formula is C19H30N4OS. The maximum absolute atomic E-state index is 8.91. The van der Waals surface area contributed by atoms with Gasteiger partial charge in [-0.3, -0.25) is 0 Å². The summed E-state index contributed by atoms with van der Waals surface area (Å²) >= 11 is 3.55. The lowest BCUT2D eigenvalue weighted by Gasteiger charge is -2.30. The van der Waals surface area contributed by atoms with Gasteiger partial charge in [0, 0.05) is 23.5 Å². The molecule has 1 heterocycles. The number of hydrogen-bond acceptors (Lipinski definition) is 6. The van der Waals surface area contributed by atoms with Crippen LogP contribution in [0.4, 0.5) is 0 Å². The Balaban J connectivity index is 0.000000823. The zero-order chi connectivity index (χ0) is 19.2. The van der Waals surface area contributed by atoms with Gasteiger partial charge in [-0.05, 0) is 72.4 Å². The Hall–Kier alpha value is -1.73. The van der Waals surface area contributed by atoms with Gasteiger partial charge in [0.2, 0.25) is 0 Å². The first-order chi connectivity index (χ1) is 11.9. The molecule has 0 radical (unpaired) electrons. The summed E-state index contributed by atoms with van der Waals surface area (Å²) in [4.78, 5) is 4.39. The largest absolute Gasteiger partial charge is 0.349 e. The van der Waals surface area contributed by atoms with Gasteiger partial charge >= 0.3 is 0 Å². The lowest BCUT2D eigenvalue weighted by molar-refractivity contribution is 0.348. The van der Waals surface area contributed by atoms with Crippen molar-refractivity contribution in [3.8, 4) is 12.1 Å². The molecule has 0 fully saturated rings. The predicted molar refractivity (Wildman–Crippen MR) is 105 cm³/mol. The number of thiol groups is 1. The Bertz CT molecular complexity index is 537. The summed E-state index contributed by atoms with van der Waals surface area (Å²) in [6.45, 7) is 8.91. The molecule has 6 heteroatoms. The summed E-state index contributed by atoms with van der Waals surface area (Å²) in [6, 6.07) is 3.88. The number of hydrogen-bond donors (Lipinski definition) is 1. The molecular weight excluding hydrogens is 332 g/mol. The van der Waals surface area contributed by atoms with Crippen LogP contribution in [0.15, 0.2) is 34.7 Å². The van der Waals surface area contributed by atoms with Crippen molar-refractivity contribution in [2.24, 2.45) is 0 Å². The molecule has 1 aliphatic heterocycles. The normalized spacial score (nSPS) is 13.3. The van der Waals surface area contributed by atoms with Crippen LogP contribution in [0.2, 0.25) is 0 Å². The highest BCUT2D eigenvalue weighted by atomic mass is 32.1. The molecule has 0 amide bonds. The Morgan fingerprint density at radius 3 is 2.08 bits per heavy atom. The summed E-state index contributed by atoms with van der Waals surface area (Å²) in [7, 11) is 4.13. The lowest BCUT2D eigenvalue weighted by atomic mass is 10.0. The van der Waals surface area contributed by atoms with Crippen LogP contribution in [-0.4, -0.2) is 43.6 Å². The molecule has 0 aromatic heterocycles. The molecule has 138 valence electrons. The first-order valence-electron chi connectivity index (χ1n) is 8.50. The van der Waals surface area contributed by atoms with Gasteiger partial charge in [-0.2, -0.15) is 10.5 Å². The van der Waals surface area contributed by atoms with Crippen molar-refractivity contribution in [1.29, 1.82) is 10.5 Å². The minimum Gasteiger partial charge on any atom is -0.349 e. The van der Waals surface area contributed by atoms with Crippen molar-refractivity contribution in [1.82, 2.24) is 9.80 Å². The van der Waals surface area contributed by atoms with Crippen molar-refractivity contribution in [2.45, 2.75) is 40.0 Å². The summed E-state index contributed by atoms with van der Waals surface area (Å²) < 4.78 is 4.48. The van der Waals surface area contributed by atoms with Crippen molar-refractivity contribution < 1.29 is 4.18 Å². The molecule has 1 aliphatic rings. The maximum atomic E-state index is 8.91. The Labute approximate surface area is 158 Å². The number of unbranched alkanes of at least 4 members (excludes halogenated alkanes) is 1. The molecule has 25 heavy (non-hydrogen) atoms. The summed E-state index contributed by atoms with van der Waals surface area (Å²) in [6.07, 6.45) is 7.19. The first-order valence-corrected chi connectivity index (χ1v) is 8.87. The second-order valence-corrected chi connectivity index (χ2v) is 6.38. The minimum atomic E-state index is 0.173. The van der Waals surface area contributed by atoms with Crippen molar-refractivity contribution in [3.05, 3.63) is 34.7 Å². The SMILES string of the molecule is CC1=CC(=C(C#N)C#N)C=C(C)N1CCCN(C)C.CCCCOS. The third kappa shape index (κ3) is 9.36. The third-order valence-electron chi connectivity index (χ3n) is 3.67. The Morgan fingerprint density at radius 2 is 1.72 bits per heavy atom. The molecule has 0 bridgehead atoms. The van der Waals surface area contributed by atoms with Crippen molar-refractivity contribution in [2.75, 3.05) is 33.8 Å². The molecule has 0 saturated carbocycles. The highest BCUT2D eigenvalue weighted by Crippen LogP contribution is 2.24. The van der Waals surface area contributed by atoms with Crippen molar-refractivity contribution >= 4 is 12.9 Å². The zero-order valence-corrected chi connectivity index (χ0v) is 16.9. The smallest absolute Gasteiger partial charge is 0.137 e. The van der Waals surface area contributed by atoms with E-state index in [1.165, 1.54) is 6.42 Å². The molecule has 0 aromatic carbocycles. The van der Waals surface area contributed by atoms with Crippen LogP contribution in [0.3, 0.4) is 0 Å². The van der Waals surface area contributed by atoms with E-state index in [9.17, 15) is 0 Å². The van der Waals surface area contributed by atoms with Crippen LogP contribution in [-0.2, 0) is 4.18 Å². The van der Waals surface area contributed by atoms with Gasteiger partial charge in [-0.1, -0.05) is 13.3 Å². The molecule has 0 spiro atoms. The number of rotatable bonds is 7. The van der Waals surface area contributed by atoms with E-state index >= 15 is 0 Å². The highest BCUT2D eigenvalue weighted by Gasteiger charge is 2.15. The fourth-order valence-corrected chi connectivity index (χ4v) is 2.46. The molecule has 0 N–H and O–H groups in total. The van der Waals surface area contributed by atoms with Gasteiger partial charge < -0.3 is 14.0 Å². The van der Waals surface area contributed by atoms with Crippen LogP contribution in [0.5, 0.6) is 0 Å². The average Bonchev–Trinajstić information content (AvgIpc) is 2.57. The topological polar surface area (TPSA) is 63.3 Å². The third-order valence-corrected chi connectivity index (χ3v) is 3.85. The van der Waals surface area contributed by atoms with Crippen LogP contribution in [0.1, 0.15) is 40.0 Å². The van der Waals surface area contributed by atoms with Gasteiger partial charge in [-0.15, -0.1) is 0 Å². The zero-order valence-electron chi connectivity index (χ0n) is 16.0. The summed E-state index contributed by atoms with van der Waals surface area (Å²) in [5, 5.41) is 17.8. The monoisotopic (exact) mass is 362 g/mol. The van der Waals surface area contributed by atoms with Gasteiger partial charge in [0.25, 0.3) is 0 Å². The van der Waals surface area contributed by atoms with Crippen molar-refractivity contribution in [3.63, 3.8) is 0 Å². The fraction of sp³-hybridized carbons (Fsp3) is 0.579. The fourth-order valence-electron chi connectivity index (χ4n) is 2.33. The van der Waals surface area contributed by atoms with Crippen LogP contribution < -0.4 is 0 Å². The first kappa shape index (κ1) is 23.3. The predicted octanol–water partition coefficient (Wildman–Crippen LogP) is 4.05.